The predicted molar refractivity (Wildman–Crippen MR) is 154 cm³/mol. The fourth-order valence-corrected chi connectivity index (χ4v) is 5.27. The van der Waals surface area contributed by atoms with E-state index in [9.17, 15) is 18.0 Å². The Labute approximate surface area is 241 Å². The second-order valence-electron chi connectivity index (χ2n) is 8.68. The molecule has 206 valence electrons. The first-order valence-corrected chi connectivity index (χ1v) is 14.1. The van der Waals surface area contributed by atoms with Gasteiger partial charge in [0.1, 0.15) is 11.5 Å². The van der Waals surface area contributed by atoms with Crippen molar-refractivity contribution in [1.82, 2.24) is 9.73 Å². The van der Waals surface area contributed by atoms with Gasteiger partial charge in [0.05, 0.1) is 17.7 Å². The largest absolute Gasteiger partial charge is 0.459 e. The minimum absolute atomic E-state index is 0.0684. The number of nitrogens with zero attached hydrogens (tertiary/aromatic N) is 2. The number of benzene rings is 3. The molecule has 0 saturated heterocycles. The number of anilines is 1. The van der Waals surface area contributed by atoms with Crippen molar-refractivity contribution in [2.24, 2.45) is 5.10 Å². The Morgan fingerprint density at radius 1 is 0.900 bits per heavy atom. The zero-order chi connectivity index (χ0) is 28.7. The van der Waals surface area contributed by atoms with Gasteiger partial charge in [0, 0.05) is 22.3 Å². The average Bonchev–Trinajstić information content (AvgIpc) is 3.37. The van der Waals surface area contributed by atoms with Crippen LogP contribution in [0.5, 0.6) is 0 Å². The smallest absolute Gasteiger partial charge is 0.329 e. The molecule has 0 radical (unpaired) electrons. The van der Waals surface area contributed by atoms with E-state index in [2.05, 4.69) is 15.8 Å². The summed E-state index contributed by atoms with van der Waals surface area (Å²) in [6.07, 6.45) is 1.20. The van der Waals surface area contributed by atoms with Gasteiger partial charge in [0.2, 0.25) is 10.0 Å². The highest BCUT2D eigenvalue weighted by molar-refractivity contribution is 7.89. The fraction of sp³-hybridized carbons (Fsp3) is 0.107. The number of rotatable bonds is 9. The number of nitrogens with one attached hydrogen (secondary N) is 2. The van der Waals surface area contributed by atoms with Crippen LogP contribution in [0.3, 0.4) is 0 Å². The first-order valence-electron chi connectivity index (χ1n) is 11.9. The molecule has 0 aliphatic carbocycles. The summed E-state index contributed by atoms with van der Waals surface area (Å²) in [6.45, 7) is 1.89. The molecule has 4 aromatic rings. The highest BCUT2D eigenvalue weighted by Gasteiger charge is 2.26. The first kappa shape index (κ1) is 29.0. The van der Waals surface area contributed by atoms with Crippen LogP contribution in [-0.4, -0.2) is 30.8 Å². The molecule has 2 amide bonds. The van der Waals surface area contributed by atoms with E-state index >= 15 is 0 Å². The van der Waals surface area contributed by atoms with Crippen molar-refractivity contribution in [2.75, 3.05) is 5.32 Å². The maximum atomic E-state index is 13.5. The molecule has 0 atom stereocenters. The second kappa shape index (κ2) is 12.9. The van der Waals surface area contributed by atoms with Crippen LogP contribution < -0.4 is 10.7 Å². The summed E-state index contributed by atoms with van der Waals surface area (Å²) in [6, 6.07) is 23.0. The van der Waals surface area contributed by atoms with Gasteiger partial charge in [-0.25, -0.2) is 13.8 Å². The molecule has 0 aliphatic heterocycles. The molecule has 1 heterocycles. The van der Waals surface area contributed by atoms with Crippen molar-refractivity contribution in [3.8, 4) is 0 Å². The number of furan rings is 1. The lowest BCUT2D eigenvalue weighted by molar-refractivity contribution is -0.136. The second-order valence-corrected chi connectivity index (χ2v) is 11.5. The SMILES string of the molecule is Cc1ccc(S(=O)(=O)N(Cc2ccc(Cl)cc2)Cc2ccc(/C=N/NC(=O)C(=O)Nc3cccc(Cl)c3)o2)cc1. The van der Waals surface area contributed by atoms with E-state index in [-0.39, 0.29) is 23.7 Å². The van der Waals surface area contributed by atoms with Gasteiger partial charge in [0.15, 0.2) is 0 Å². The number of amides is 2. The molecule has 0 saturated carbocycles. The Balaban J connectivity index is 1.44. The Bertz CT molecular complexity index is 1640. The Kier molecular flexibility index (Phi) is 9.38. The summed E-state index contributed by atoms with van der Waals surface area (Å²) in [5.74, 6) is -1.35. The van der Waals surface area contributed by atoms with Crippen LogP contribution in [0.2, 0.25) is 10.0 Å². The van der Waals surface area contributed by atoms with E-state index in [1.54, 1.807) is 78.9 Å². The minimum Gasteiger partial charge on any atom is -0.459 e. The summed E-state index contributed by atoms with van der Waals surface area (Å²) in [5.41, 5.74) is 4.15. The molecule has 0 bridgehead atoms. The number of carbonyl (C=O) groups is 2. The summed E-state index contributed by atoms with van der Waals surface area (Å²) in [7, 11) is -3.88. The molecule has 12 heteroatoms. The van der Waals surface area contributed by atoms with Crippen LogP contribution in [0.15, 0.2) is 99.3 Å². The van der Waals surface area contributed by atoms with Crippen molar-refractivity contribution >= 4 is 56.9 Å². The highest BCUT2D eigenvalue weighted by atomic mass is 35.5. The lowest BCUT2D eigenvalue weighted by Crippen LogP contribution is -2.32. The van der Waals surface area contributed by atoms with Crippen LogP contribution in [0.25, 0.3) is 0 Å². The van der Waals surface area contributed by atoms with Gasteiger partial charge >= 0.3 is 11.8 Å². The third-order valence-corrected chi connectivity index (χ3v) is 7.89. The van der Waals surface area contributed by atoms with Gasteiger partial charge in [-0.15, -0.1) is 0 Å². The number of halogens is 2. The normalized spacial score (nSPS) is 11.6. The maximum Gasteiger partial charge on any atom is 0.329 e. The third kappa shape index (κ3) is 7.80. The molecule has 0 unspecified atom stereocenters. The number of sulfonamides is 1. The maximum absolute atomic E-state index is 13.5. The van der Waals surface area contributed by atoms with E-state index in [0.717, 1.165) is 11.1 Å². The average molecular weight is 599 g/mol. The lowest BCUT2D eigenvalue weighted by atomic mass is 10.2. The van der Waals surface area contributed by atoms with E-state index < -0.39 is 21.8 Å². The van der Waals surface area contributed by atoms with E-state index in [1.807, 2.05) is 6.92 Å². The molecule has 4 rings (SSSR count). The van der Waals surface area contributed by atoms with Crippen molar-refractivity contribution in [1.29, 1.82) is 0 Å². The zero-order valence-corrected chi connectivity index (χ0v) is 23.5. The Hall–Kier alpha value is -3.96. The van der Waals surface area contributed by atoms with Crippen LogP contribution in [-0.2, 0) is 32.7 Å². The van der Waals surface area contributed by atoms with Crippen molar-refractivity contribution in [3.63, 3.8) is 0 Å². The number of aryl methyl sites for hydroxylation is 1. The molecule has 40 heavy (non-hydrogen) atoms. The van der Waals surface area contributed by atoms with E-state index in [4.69, 9.17) is 27.6 Å². The molecule has 0 aliphatic rings. The molecular weight excluding hydrogens is 575 g/mol. The van der Waals surface area contributed by atoms with Crippen LogP contribution in [0.4, 0.5) is 5.69 Å². The van der Waals surface area contributed by atoms with Crippen molar-refractivity contribution in [3.05, 3.63) is 118 Å². The van der Waals surface area contributed by atoms with Gasteiger partial charge in [-0.3, -0.25) is 9.59 Å². The summed E-state index contributed by atoms with van der Waals surface area (Å²) >= 11 is 11.9. The Morgan fingerprint density at radius 3 is 2.33 bits per heavy atom. The summed E-state index contributed by atoms with van der Waals surface area (Å²) in [5, 5.41) is 7.10. The van der Waals surface area contributed by atoms with Gasteiger partial charge < -0.3 is 9.73 Å². The topological polar surface area (TPSA) is 121 Å². The predicted octanol–water partition coefficient (Wildman–Crippen LogP) is 5.37. The van der Waals surface area contributed by atoms with Crippen molar-refractivity contribution in [2.45, 2.75) is 24.9 Å². The minimum atomic E-state index is -3.88. The Morgan fingerprint density at radius 2 is 1.62 bits per heavy atom. The zero-order valence-electron chi connectivity index (χ0n) is 21.2. The van der Waals surface area contributed by atoms with E-state index in [1.165, 1.54) is 16.6 Å². The molecule has 1 aromatic heterocycles. The van der Waals surface area contributed by atoms with E-state index in [0.29, 0.717) is 21.5 Å². The fourth-order valence-electron chi connectivity index (χ4n) is 3.56. The summed E-state index contributed by atoms with van der Waals surface area (Å²) < 4.78 is 34.1. The van der Waals surface area contributed by atoms with Crippen LogP contribution >= 0.6 is 23.2 Å². The molecule has 0 spiro atoms. The van der Waals surface area contributed by atoms with Gasteiger partial charge in [0.25, 0.3) is 0 Å². The third-order valence-electron chi connectivity index (χ3n) is 5.59. The molecular formula is C28H24Cl2N4O5S. The van der Waals surface area contributed by atoms with Crippen molar-refractivity contribution < 1.29 is 22.4 Å². The lowest BCUT2D eigenvalue weighted by Gasteiger charge is -2.21. The molecule has 3 aromatic carbocycles. The first-order chi connectivity index (χ1) is 19.1. The standard InChI is InChI=1S/C28H24Cl2N4O5S/c1-19-5-13-26(14-6-19)40(37,38)34(17-20-7-9-21(29)10-8-20)18-25-12-11-24(39-25)16-31-33-28(36)27(35)32-23-4-2-3-22(30)15-23/h2-16H,17-18H2,1H3,(H,32,35)(H,33,36)/b31-16+. The molecule has 0 fully saturated rings. The monoisotopic (exact) mass is 598 g/mol. The van der Waals surface area contributed by atoms with Crippen LogP contribution in [0, 0.1) is 6.92 Å². The van der Waals surface area contributed by atoms with Crippen LogP contribution in [0.1, 0.15) is 22.6 Å². The molecule has 2 N–H and O–H groups in total. The molecule has 9 nitrogen and oxygen atoms in total. The number of hydrogen-bond acceptors (Lipinski definition) is 6. The number of carbonyl (C=O) groups excluding carboxylic acids is 2. The number of hydrazone groups is 1. The highest BCUT2D eigenvalue weighted by Crippen LogP contribution is 2.23. The number of hydrogen-bond donors (Lipinski definition) is 2. The van der Waals surface area contributed by atoms with Gasteiger partial charge in [-0.1, -0.05) is 59.1 Å². The quantitative estimate of drug-likeness (QED) is 0.152. The van der Waals surface area contributed by atoms with Gasteiger partial charge in [-0.2, -0.15) is 9.41 Å². The van der Waals surface area contributed by atoms with Gasteiger partial charge in [-0.05, 0) is 67.1 Å². The summed E-state index contributed by atoms with van der Waals surface area (Å²) in [4.78, 5) is 24.3.